The van der Waals surface area contributed by atoms with E-state index in [-0.39, 0.29) is 10.8 Å². The van der Waals surface area contributed by atoms with Crippen LogP contribution in [0.4, 0.5) is 10.6 Å². The molecule has 0 fully saturated rings. The van der Waals surface area contributed by atoms with E-state index in [0.717, 1.165) is 37.1 Å². The second kappa shape index (κ2) is 11.8. The second-order valence-electron chi connectivity index (χ2n) is 8.07. The largest absolute Gasteiger partial charge is 0.381 e. The van der Waals surface area contributed by atoms with Crippen molar-refractivity contribution in [3.8, 4) is 11.3 Å². The molecule has 0 atom stereocenters. The molecule has 0 aliphatic heterocycles. The van der Waals surface area contributed by atoms with Crippen LogP contribution in [0.5, 0.6) is 0 Å². The molecule has 2 amide bonds. The van der Waals surface area contributed by atoms with Crippen LogP contribution in [0.3, 0.4) is 0 Å². The van der Waals surface area contributed by atoms with E-state index in [1.54, 1.807) is 18.3 Å². The lowest BCUT2D eigenvalue weighted by Gasteiger charge is -2.21. The van der Waals surface area contributed by atoms with Crippen molar-refractivity contribution in [2.24, 2.45) is 0 Å². The van der Waals surface area contributed by atoms with Gasteiger partial charge in [-0.2, -0.15) is 11.8 Å². The number of anilines is 1. The highest BCUT2D eigenvalue weighted by Gasteiger charge is 2.15. The summed E-state index contributed by atoms with van der Waals surface area (Å²) in [6.45, 7) is 6.51. The van der Waals surface area contributed by atoms with E-state index in [4.69, 9.17) is 4.74 Å². The number of pyridine rings is 1. The number of carbonyl (C=O) groups is 1. The number of hydrogen-bond donors (Lipinski definition) is 2. The minimum atomic E-state index is -0.285. The average molecular weight is 454 g/mol. The monoisotopic (exact) mass is 453 g/mol. The number of unbranched alkanes of at least 4 members (excludes halogenated alkanes) is 1. The lowest BCUT2D eigenvalue weighted by Crippen LogP contribution is -2.30. The lowest BCUT2D eigenvalue weighted by molar-refractivity contribution is 0.123. The third kappa shape index (κ3) is 7.46. The van der Waals surface area contributed by atoms with E-state index in [1.807, 2.05) is 42.1 Å². The Hall–Kier alpha value is -2.71. The van der Waals surface area contributed by atoms with E-state index < -0.39 is 0 Å². The summed E-state index contributed by atoms with van der Waals surface area (Å²) < 4.78 is 5.95. The summed E-state index contributed by atoms with van der Waals surface area (Å²) in [5.74, 6) is 0.439. The summed E-state index contributed by atoms with van der Waals surface area (Å²) in [5, 5.41) is 5.62. The molecule has 2 N–H and O–H groups in total. The maximum absolute atomic E-state index is 12.2. The minimum absolute atomic E-state index is 0.255. The Morgan fingerprint density at radius 3 is 2.66 bits per heavy atom. The van der Waals surface area contributed by atoms with Crippen LogP contribution >= 0.6 is 11.8 Å². The molecule has 8 heteroatoms. The molecule has 170 valence electrons. The van der Waals surface area contributed by atoms with E-state index in [2.05, 4.69) is 45.7 Å². The number of nitrogens with one attached hydrogen (secondary N) is 2. The molecule has 0 saturated carbocycles. The van der Waals surface area contributed by atoms with Gasteiger partial charge in [0.1, 0.15) is 11.3 Å². The van der Waals surface area contributed by atoms with E-state index in [1.165, 1.54) is 0 Å². The third-order valence-electron chi connectivity index (χ3n) is 5.12. The molecule has 0 saturated heterocycles. The van der Waals surface area contributed by atoms with E-state index in [9.17, 15) is 4.79 Å². The highest BCUT2D eigenvalue weighted by molar-refractivity contribution is 7.99. The van der Waals surface area contributed by atoms with Gasteiger partial charge in [0, 0.05) is 30.1 Å². The van der Waals surface area contributed by atoms with Gasteiger partial charge in [0.2, 0.25) is 0 Å². The zero-order chi connectivity index (χ0) is 22.8. The van der Waals surface area contributed by atoms with Crippen LogP contribution in [0, 0.1) is 0 Å². The van der Waals surface area contributed by atoms with Crippen LogP contribution in [0.15, 0.2) is 48.7 Å². The van der Waals surface area contributed by atoms with E-state index in [0.29, 0.717) is 30.1 Å². The molecule has 0 radical (unpaired) electrons. The first-order chi connectivity index (χ1) is 15.5. The van der Waals surface area contributed by atoms with Crippen LogP contribution in [-0.4, -0.2) is 51.7 Å². The van der Waals surface area contributed by atoms with Crippen molar-refractivity contribution in [2.75, 3.05) is 31.3 Å². The van der Waals surface area contributed by atoms with Gasteiger partial charge in [0.15, 0.2) is 5.65 Å². The van der Waals surface area contributed by atoms with Gasteiger partial charge < -0.3 is 10.1 Å². The van der Waals surface area contributed by atoms with Crippen LogP contribution in [0.25, 0.3) is 22.4 Å². The number of urea groups is 1. The van der Waals surface area contributed by atoms with Gasteiger partial charge in [-0.1, -0.05) is 44.2 Å². The molecular formula is C24H31N5O2S. The molecule has 0 aliphatic carbocycles. The van der Waals surface area contributed by atoms with Gasteiger partial charge in [0.05, 0.1) is 11.9 Å². The zero-order valence-electron chi connectivity index (χ0n) is 18.9. The number of thioether (sulfide) groups is 1. The summed E-state index contributed by atoms with van der Waals surface area (Å²) in [4.78, 5) is 25.6. The van der Waals surface area contributed by atoms with Gasteiger partial charge in [0.25, 0.3) is 0 Å². The minimum Gasteiger partial charge on any atom is -0.381 e. The summed E-state index contributed by atoms with van der Waals surface area (Å²) in [7, 11) is 0. The van der Waals surface area contributed by atoms with Gasteiger partial charge in [-0.25, -0.2) is 14.8 Å². The Bertz CT molecular complexity index is 1010. The van der Waals surface area contributed by atoms with Crippen LogP contribution < -0.4 is 10.6 Å². The molecular weight excluding hydrogens is 422 g/mol. The van der Waals surface area contributed by atoms with Crippen molar-refractivity contribution in [3.05, 3.63) is 48.7 Å². The molecule has 1 aromatic carbocycles. The zero-order valence-corrected chi connectivity index (χ0v) is 19.7. The van der Waals surface area contributed by atoms with Gasteiger partial charge in [-0.15, -0.1) is 0 Å². The average Bonchev–Trinajstić information content (AvgIpc) is 2.81. The third-order valence-corrected chi connectivity index (χ3v) is 6.43. The summed E-state index contributed by atoms with van der Waals surface area (Å²) in [5.41, 5.74) is 2.88. The van der Waals surface area contributed by atoms with Crippen molar-refractivity contribution >= 4 is 34.8 Å². The molecule has 3 aromatic rings. The molecule has 32 heavy (non-hydrogen) atoms. The predicted octanol–water partition coefficient (Wildman–Crippen LogP) is 5.14. The van der Waals surface area contributed by atoms with Crippen LogP contribution in [0.2, 0.25) is 0 Å². The van der Waals surface area contributed by atoms with Crippen LogP contribution in [0.1, 0.15) is 33.1 Å². The number of aromatic nitrogens is 3. The Balaban J connectivity index is 1.41. The summed E-state index contributed by atoms with van der Waals surface area (Å²) in [6, 6.07) is 13.1. The summed E-state index contributed by atoms with van der Waals surface area (Å²) in [6.07, 6.45) is 6.65. The first-order valence-electron chi connectivity index (χ1n) is 10.8. The molecule has 2 aromatic heterocycles. The number of hydrogen-bond acceptors (Lipinski definition) is 6. The maximum atomic E-state index is 12.2. The second-order valence-corrected chi connectivity index (χ2v) is 9.59. The maximum Gasteiger partial charge on any atom is 0.320 e. The highest BCUT2D eigenvalue weighted by atomic mass is 32.2. The molecule has 2 heterocycles. The van der Waals surface area contributed by atoms with Crippen LogP contribution in [-0.2, 0) is 4.74 Å². The number of carbonyl (C=O) groups excluding carboxylic acids is 1. The fourth-order valence-corrected chi connectivity index (χ4v) is 3.22. The molecule has 0 aliphatic rings. The standard InChI is InChI=1S/C24H31N5O2S/c1-24(2,32-3)13-16-31-15-8-7-14-25-23(30)29-21-12-11-19-22(28-21)27-20(17-26-19)18-9-5-4-6-10-18/h4-6,9-12,17H,7-8,13-16H2,1-3H3,(H2,25,27,28,29,30). The Kier molecular flexibility index (Phi) is 8.81. The first-order valence-corrected chi connectivity index (χ1v) is 12.1. The van der Waals surface area contributed by atoms with Crippen molar-refractivity contribution in [1.29, 1.82) is 0 Å². The topological polar surface area (TPSA) is 89.0 Å². The fourth-order valence-electron chi connectivity index (χ4n) is 2.93. The van der Waals surface area contributed by atoms with Crippen molar-refractivity contribution in [2.45, 2.75) is 37.9 Å². The Morgan fingerprint density at radius 1 is 1.06 bits per heavy atom. The fraction of sp³-hybridized carbons (Fsp3) is 0.417. The number of ether oxygens (including phenoxy) is 1. The molecule has 0 spiro atoms. The van der Waals surface area contributed by atoms with Gasteiger partial charge in [-0.3, -0.25) is 10.3 Å². The number of amides is 2. The quantitative estimate of drug-likeness (QED) is 0.391. The molecule has 3 rings (SSSR count). The SMILES string of the molecule is CSC(C)(C)CCOCCCCNC(=O)Nc1ccc2ncc(-c3ccccc3)nc2n1. The van der Waals surface area contributed by atoms with Gasteiger partial charge in [-0.05, 0) is 37.7 Å². The lowest BCUT2D eigenvalue weighted by atomic mass is 10.1. The smallest absolute Gasteiger partial charge is 0.320 e. The number of rotatable bonds is 11. The van der Waals surface area contributed by atoms with Crippen molar-refractivity contribution in [3.63, 3.8) is 0 Å². The molecule has 7 nitrogen and oxygen atoms in total. The van der Waals surface area contributed by atoms with Crippen molar-refractivity contribution in [1.82, 2.24) is 20.3 Å². The number of nitrogens with zero attached hydrogens (tertiary/aromatic N) is 3. The predicted molar refractivity (Wildman–Crippen MR) is 132 cm³/mol. The first kappa shape index (κ1) is 23.9. The Labute approximate surface area is 193 Å². The normalized spacial score (nSPS) is 11.5. The van der Waals surface area contributed by atoms with E-state index >= 15 is 0 Å². The summed E-state index contributed by atoms with van der Waals surface area (Å²) >= 11 is 1.86. The Morgan fingerprint density at radius 2 is 1.88 bits per heavy atom. The number of benzene rings is 1. The van der Waals surface area contributed by atoms with Gasteiger partial charge >= 0.3 is 6.03 Å². The number of fused-ring (bicyclic) bond motifs is 1. The molecule has 0 unspecified atom stereocenters. The molecule has 0 bridgehead atoms. The highest BCUT2D eigenvalue weighted by Crippen LogP contribution is 2.24. The van der Waals surface area contributed by atoms with Crippen molar-refractivity contribution < 1.29 is 9.53 Å².